The van der Waals surface area contributed by atoms with Gasteiger partial charge in [-0.05, 0) is 56.9 Å². The lowest BCUT2D eigenvalue weighted by atomic mass is 9.53. The van der Waals surface area contributed by atoms with Gasteiger partial charge in [0.25, 0.3) is 0 Å². The number of amides is 1. The average Bonchev–Trinajstić information content (AvgIpc) is 3.26. The fourth-order valence-electron chi connectivity index (χ4n) is 6.11. The minimum atomic E-state index is -1.64. The first-order valence-electron chi connectivity index (χ1n) is 9.18. The van der Waals surface area contributed by atoms with E-state index in [4.69, 9.17) is 5.73 Å². The maximum absolute atomic E-state index is 15.0. The quantitative estimate of drug-likeness (QED) is 0.873. The Morgan fingerprint density at radius 2 is 1.80 bits per heavy atom. The van der Waals surface area contributed by atoms with Crippen LogP contribution >= 0.6 is 0 Å². The van der Waals surface area contributed by atoms with Crippen molar-refractivity contribution in [2.24, 2.45) is 16.6 Å². The van der Waals surface area contributed by atoms with Gasteiger partial charge in [-0.3, -0.25) is 4.79 Å². The van der Waals surface area contributed by atoms with Gasteiger partial charge in [-0.2, -0.15) is 0 Å². The number of carbonyl (C=O) groups excluding carboxylic acids is 1. The van der Waals surface area contributed by atoms with Crippen LogP contribution in [0, 0.1) is 10.8 Å². The van der Waals surface area contributed by atoms with E-state index < -0.39 is 34.2 Å². The Morgan fingerprint density at radius 3 is 2.24 bits per heavy atom. The van der Waals surface area contributed by atoms with Gasteiger partial charge in [0.1, 0.15) is 17.4 Å². The molecule has 0 aliphatic heterocycles. The van der Waals surface area contributed by atoms with Crippen LogP contribution in [-0.4, -0.2) is 22.9 Å². The highest BCUT2D eigenvalue weighted by atomic mass is 19.1. The van der Waals surface area contributed by atoms with Crippen molar-refractivity contribution in [3.63, 3.8) is 0 Å². The summed E-state index contributed by atoms with van der Waals surface area (Å²) < 4.78 is 29.2. The summed E-state index contributed by atoms with van der Waals surface area (Å²) in [5.74, 6) is -0.670. The summed E-state index contributed by atoms with van der Waals surface area (Å²) in [4.78, 5) is 12.6. The van der Waals surface area contributed by atoms with Gasteiger partial charge in [0.15, 0.2) is 0 Å². The fraction of sp³-hybridized carbons (Fsp3) is 0.650. The number of halogens is 2. The van der Waals surface area contributed by atoms with Gasteiger partial charge in [-0.25, -0.2) is 8.78 Å². The van der Waals surface area contributed by atoms with Crippen molar-refractivity contribution in [1.29, 1.82) is 0 Å². The predicted octanol–water partition coefficient (Wildman–Crippen LogP) is 3.54. The number of nitrogens with two attached hydrogens (primary N) is 1. The van der Waals surface area contributed by atoms with Crippen LogP contribution in [0.2, 0.25) is 0 Å². The second-order valence-electron chi connectivity index (χ2n) is 8.47. The van der Waals surface area contributed by atoms with E-state index in [2.05, 4.69) is 0 Å². The van der Waals surface area contributed by atoms with E-state index in [0.29, 0.717) is 31.2 Å². The second-order valence-corrected chi connectivity index (χ2v) is 8.47. The van der Waals surface area contributed by atoms with Crippen molar-refractivity contribution in [3.8, 4) is 0 Å². The molecule has 3 saturated carbocycles. The highest BCUT2D eigenvalue weighted by molar-refractivity contribution is 5.83. The molecule has 3 fully saturated rings. The number of benzene rings is 1. The highest BCUT2D eigenvalue weighted by Crippen LogP contribution is 2.71. The first kappa shape index (κ1) is 17.0. The lowest BCUT2D eigenvalue weighted by Crippen LogP contribution is -2.60. The molecule has 0 aromatic heterocycles. The number of hydrogen-bond donors (Lipinski definition) is 2. The van der Waals surface area contributed by atoms with Gasteiger partial charge in [0, 0.05) is 5.41 Å². The summed E-state index contributed by atoms with van der Waals surface area (Å²) in [7, 11) is 0. The summed E-state index contributed by atoms with van der Waals surface area (Å²) in [5.41, 5.74) is 1.28. The van der Waals surface area contributed by atoms with Crippen molar-refractivity contribution in [2.75, 3.05) is 0 Å². The predicted molar refractivity (Wildman–Crippen MR) is 90.1 cm³/mol. The standard InChI is InChI=1S/C20H25F2NO2/c21-15-6-7-19(12-15,16(23)24)20(25,14-4-2-1-3-5-14)17-8-10-18(22,13-17)11-9-17/h1-5,15,25H,6-13H2,(H2,23,24). The highest BCUT2D eigenvalue weighted by Gasteiger charge is 2.72. The molecule has 136 valence electrons. The molecule has 1 aromatic rings. The Bertz CT molecular complexity index is 686. The van der Waals surface area contributed by atoms with E-state index in [0.717, 1.165) is 0 Å². The van der Waals surface area contributed by atoms with Crippen LogP contribution < -0.4 is 5.73 Å². The first-order valence-corrected chi connectivity index (χ1v) is 9.18. The van der Waals surface area contributed by atoms with Gasteiger partial charge in [0.2, 0.25) is 5.91 Å². The summed E-state index contributed by atoms with van der Waals surface area (Å²) in [6.45, 7) is 0. The Kier molecular flexibility index (Phi) is 3.56. The molecule has 0 heterocycles. The first-order chi connectivity index (χ1) is 11.8. The third-order valence-corrected chi connectivity index (χ3v) is 7.34. The summed E-state index contributed by atoms with van der Waals surface area (Å²) in [6.07, 6.45) is 1.14. The minimum absolute atomic E-state index is 0.0885. The number of hydrogen-bond acceptors (Lipinski definition) is 2. The van der Waals surface area contributed by atoms with E-state index in [-0.39, 0.29) is 25.7 Å². The number of aliphatic hydroxyl groups is 1. The van der Waals surface area contributed by atoms with Crippen LogP contribution in [0.25, 0.3) is 0 Å². The van der Waals surface area contributed by atoms with E-state index in [9.17, 15) is 18.7 Å². The van der Waals surface area contributed by atoms with Crippen LogP contribution in [0.4, 0.5) is 8.78 Å². The molecular weight excluding hydrogens is 324 g/mol. The maximum Gasteiger partial charge on any atom is 0.227 e. The van der Waals surface area contributed by atoms with Crippen LogP contribution in [0.3, 0.4) is 0 Å². The topological polar surface area (TPSA) is 63.3 Å². The van der Waals surface area contributed by atoms with Gasteiger partial charge in [-0.15, -0.1) is 0 Å². The molecular formula is C20H25F2NO2. The summed E-state index contributed by atoms with van der Waals surface area (Å²) in [5, 5.41) is 12.2. The molecule has 0 radical (unpaired) electrons. The molecule has 2 bridgehead atoms. The molecule has 0 spiro atoms. The Labute approximate surface area is 146 Å². The zero-order valence-electron chi connectivity index (χ0n) is 14.3. The van der Waals surface area contributed by atoms with Gasteiger partial charge < -0.3 is 10.8 Å². The van der Waals surface area contributed by atoms with Crippen LogP contribution in [0.15, 0.2) is 30.3 Å². The van der Waals surface area contributed by atoms with Crippen molar-refractivity contribution in [2.45, 2.75) is 68.8 Å². The summed E-state index contributed by atoms with van der Waals surface area (Å²) >= 11 is 0. The van der Waals surface area contributed by atoms with E-state index in [1.165, 1.54) is 0 Å². The molecule has 3 aliphatic rings. The Morgan fingerprint density at radius 1 is 1.16 bits per heavy atom. The molecule has 1 aromatic carbocycles. The molecule has 0 saturated heterocycles. The molecule has 5 heteroatoms. The maximum atomic E-state index is 15.0. The van der Waals surface area contributed by atoms with Gasteiger partial charge >= 0.3 is 0 Å². The van der Waals surface area contributed by atoms with Crippen molar-refractivity contribution in [3.05, 3.63) is 35.9 Å². The van der Waals surface area contributed by atoms with Crippen LogP contribution in [-0.2, 0) is 10.4 Å². The van der Waals surface area contributed by atoms with Crippen molar-refractivity contribution >= 4 is 5.91 Å². The molecule has 1 amide bonds. The lowest BCUT2D eigenvalue weighted by Gasteiger charge is -2.53. The number of alkyl halides is 2. The number of fused-ring (bicyclic) bond motifs is 2. The third-order valence-electron chi connectivity index (χ3n) is 7.34. The van der Waals surface area contributed by atoms with Crippen LogP contribution in [0.1, 0.15) is 56.9 Å². The van der Waals surface area contributed by atoms with Crippen molar-refractivity contribution in [1.82, 2.24) is 0 Å². The normalized spacial score (nSPS) is 42.4. The van der Waals surface area contributed by atoms with Crippen LogP contribution in [0.5, 0.6) is 0 Å². The Hall–Kier alpha value is -1.49. The molecule has 3 nitrogen and oxygen atoms in total. The minimum Gasteiger partial charge on any atom is -0.383 e. The van der Waals surface area contributed by atoms with E-state index in [1.54, 1.807) is 24.3 Å². The van der Waals surface area contributed by atoms with Gasteiger partial charge in [-0.1, -0.05) is 30.3 Å². The molecule has 3 atom stereocenters. The number of carbonyl (C=O) groups is 1. The fourth-order valence-corrected chi connectivity index (χ4v) is 6.11. The number of rotatable bonds is 4. The SMILES string of the molecule is NC(=O)C1(C(O)(c2ccccc2)C23CCC(F)(CC2)C3)CCC(F)C1. The number of primary amides is 1. The third kappa shape index (κ3) is 2.08. The van der Waals surface area contributed by atoms with E-state index in [1.807, 2.05) is 6.07 Å². The Balaban J connectivity index is 1.93. The molecule has 3 unspecified atom stereocenters. The zero-order valence-corrected chi connectivity index (χ0v) is 14.3. The zero-order chi connectivity index (χ0) is 17.9. The smallest absolute Gasteiger partial charge is 0.227 e. The average molecular weight is 349 g/mol. The molecule has 3 aliphatic carbocycles. The van der Waals surface area contributed by atoms with E-state index >= 15 is 0 Å². The summed E-state index contributed by atoms with van der Waals surface area (Å²) in [6, 6.07) is 8.94. The molecule has 25 heavy (non-hydrogen) atoms. The molecule has 3 N–H and O–H groups in total. The second kappa shape index (κ2) is 5.26. The largest absolute Gasteiger partial charge is 0.383 e. The van der Waals surface area contributed by atoms with Crippen molar-refractivity contribution < 1.29 is 18.7 Å². The molecule has 4 rings (SSSR count). The lowest BCUT2D eigenvalue weighted by molar-refractivity contribution is -0.189. The van der Waals surface area contributed by atoms with Gasteiger partial charge in [0.05, 0.1) is 5.41 Å². The monoisotopic (exact) mass is 349 g/mol.